The van der Waals surface area contributed by atoms with Crippen LogP contribution in [-0.4, -0.2) is 52.6 Å². The molecule has 2 N–H and O–H groups in total. The summed E-state index contributed by atoms with van der Waals surface area (Å²) < 4.78 is 0. The van der Waals surface area contributed by atoms with Gasteiger partial charge in [0.15, 0.2) is 0 Å². The van der Waals surface area contributed by atoms with E-state index in [-0.39, 0.29) is 17.7 Å². The lowest BCUT2D eigenvalue weighted by Crippen LogP contribution is -2.72. The first-order valence-corrected chi connectivity index (χ1v) is 9.57. The first kappa shape index (κ1) is 14.1. The molecule has 6 aliphatic rings. The number of piperidine rings is 4. The van der Waals surface area contributed by atoms with Gasteiger partial charge in [-0.15, -0.1) is 0 Å². The Hall–Kier alpha value is -1.10. The van der Waals surface area contributed by atoms with E-state index in [2.05, 4.69) is 48.0 Å². The minimum atomic E-state index is -0.319. The number of aliphatic hydroxyl groups is 2. The van der Waals surface area contributed by atoms with Crippen LogP contribution in [0, 0.1) is 17.8 Å². The molecule has 5 fully saturated rings. The summed E-state index contributed by atoms with van der Waals surface area (Å²) in [5.74, 6) is 1.14. The maximum Gasteiger partial charge on any atom is 0.111 e. The van der Waals surface area contributed by atoms with E-state index in [9.17, 15) is 10.2 Å². The van der Waals surface area contributed by atoms with Crippen LogP contribution in [-0.2, 0) is 5.41 Å². The molecule has 1 spiro atoms. The Balaban J connectivity index is 1.60. The zero-order valence-corrected chi connectivity index (χ0v) is 14.3. The van der Waals surface area contributed by atoms with Crippen LogP contribution >= 0.6 is 0 Å². The maximum atomic E-state index is 11.6. The quantitative estimate of drug-likeness (QED) is 0.822. The minimum Gasteiger partial charge on any atom is -0.392 e. The Bertz CT molecular complexity index is 723. The Morgan fingerprint density at radius 2 is 2.00 bits per heavy atom. The molecule has 1 aromatic carbocycles. The van der Waals surface area contributed by atoms with E-state index in [1.165, 1.54) is 11.3 Å². The largest absolute Gasteiger partial charge is 0.392 e. The normalized spacial score (nSPS) is 55.8. The molecule has 0 radical (unpaired) electrons. The summed E-state index contributed by atoms with van der Waals surface area (Å²) in [7, 11) is 2.19. The molecule has 1 unspecified atom stereocenters. The second-order valence-electron chi connectivity index (χ2n) is 8.81. The van der Waals surface area contributed by atoms with Crippen molar-refractivity contribution in [1.82, 2.24) is 4.90 Å². The predicted octanol–water partition coefficient (Wildman–Crippen LogP) is 1.55. The summed E-state index contributed by atoms with van der Waals surface area (Å²) in [6.45, 7) is 2.19. The fraction of sp³-hybridized carbons (Fsp3) is 0.700. The Labute approximate surface area is 143 Å². The number of fused-ring (bicyclic) bond motifs is 2. The van der Waals surface area contributed by atoms with Gasteiger partial charge in [-0.1, -0.05) is 25.1 Å². The zero-order valence-electron chi connectivity index (χ0n) is 14.3. The second-order valence-corrected chi connectivity index (χ2v) is 8.81. The van der Waals surface area contributed by atoms with Crippen LogP contribution in [0.2, 0.25) is 0 Å². The topological polar surface area (TPSA) is 46.9 Å². The fourth-order valence-corrected chi connectivity index (χ4v) is 7.88. The highest BCUT2D eigenvalue weighted by atomic mass is 16.3. The minimum absolute atomic E-state index is 0.126. The van der Waals surface area contributed by atoms with Gasteiger partial charge < -0.3 is 15.1 Å². The van der Waals surface area contributed by atoms with Crippen LogP contribution < -0.4 is 4.90 Å². The summed E-state index contributed by atoms with van der Waals surface area (Å²) in [6, 6.07) is 9.70. The lowest BCUT2D eigenvalue weighted by atomic mass is 9.62. The van der Waals surface area contributed by atoms with Crippen molar-refractivity contribution >= 4 is 5.69 Å². The van der Waals surface area contributed by atoms with Crippen LogP contribution in [0.5, 0.6) is 0 Å². The van der Waals surface area contributed by atoms with E-state index in [4.69, 9.17) is 0 Å². The Kier molecular flexibility index (Phi) is 2.45. The molecule has 0 amide bonds. The van der Waals surface area contributed by atoms with Crippen molar-refractivity contribution < 1.29 is 10.2 Å². The van der Waals surface area contributed by atoms with Gasteiger partial charge >= 0.3 is 0 Å². The molecule has 7 rings (SSSR count). The van der Waals surface area contributed by atoms with Crippen LogP contribution in [0.15, 0.2) is 24.3 Å². The van der Waals surface area contributed by atoms with Gasteiger partial charge in [-0.3, -0.25) is 4.90 Å². The molecular weight excluding hydrogens is 300 g/mol. The van der Waals surface area contributed by atoms with Crippen molar-refractivity contribution in [2.24, 2.45) is 17.8 Å². The first-order chi connectivity index (χ1) is 11.6. The number of benzene rings is 1. The number of nitrogens with zero attached hydrogens (tertiary/aromatic N) is 2. The van der Waals surface area contributed by atoms with E-state index in [0.29, 0.717) is 35.9 Å². The average molecular weight is 326 g/mol. The lowest BCUT2D eigenvalue weighted by molar-refractivity contribution is -0.211. The number of para-hydroxylation sites is 1. The Morgan fingerprint density at radius 1 is 1.21 bits per heavy atom. The lowest BCUT2D eigenvalue weighted by Gasteiger charge is -2.62. The molecule has 4 heteroatoms. The van der Waals surface area contributed by atoms with Gasteiger partial charge in [0.1, 0.15) is 6.23 Å². The number of rotatable bonds is 1. The van der Waals surface area contributed by atoms with Gasteiger partial charge in [-0.05, 0) is 36.8 Å². The highest BCUT2D eigenvalue weighted by Crippen LogP contribution is 2.68. The van der Waals surface area contributed by atoms with E-state index in [0.717, 1.165) is 19.3 Å². The third-order valence-corrected chi connectivity index (χ3v) is 8.46. The summed E-state index contributed by atoms with van der Waals surface area (Å²) >= 11 is 0. The molecule has 1 aromatic rings. The van der Waals surface area contributed by atoms with Gasteiger partial charge in [-0.2, -0.15) is 0 Å². The third kappa shape index (κ3) is 1.20. The van der Waals surface area contributed by atoms with Crippen molar-refractivity contribution in [3.05, 3.63) is 29.8 Å². The van der Waals surface area contributed by atoms with Crippen LogP contribution in [0.3, 0.4) is 0 Å². The molecule has 128 valence electrons. The van der Waals surface area contributed by atoms with Gasteiger partial charge in [0, 0.05) is 42.1 Å². The molecule has 10 atom stereocenters. The highest BCUT2D eigenvalue weighted by Gasteiger charge is 2.76. The van der Waals surface area contributed by atoms with E-state index in [1.807, 2.05) is 0 Å². The Morgan fingerprint density at radius 3 is 2.79 bits per heavy atom. The monoisotopic (exact) mass is 326 g/mol. The van der Waals surface area contributed by atoms with Crippen molar-refractivity contribution in [1.29, 1.82) is 0 Å². The summed E-state index contributed by atoms with van der Waals surface area (Å²) in [4.78, 5) is 4.83. The van der Waals surface area contributed by atoms with Crippen molar-refractivity contribution in [3.8, 4) is 0 Å². The molecule has 4 saturated heterocycles. The molecule has 5 aliphatic heterocycles. The van der Waals surface area contributed by atoms with E-state index >= 15 is 0 Å². The van der Waals surface area contributed by atoms with Gasteiger partial charge in [0.2, 0.25) is 0 Å². The predicted molar refractivity (Wildman–Crippen MR) is 91.7 cm³/mol. The van der Waals surface area contributed by atoms with E-state index in [1.54, 1.807) is 0 Å². The van der Waals surface area contributed by atoms with Crippen molar-refractivity contribution in [2.75, 3.05) is 11.9 Å². The van der Waals surface area contributed by atoms with Crippen molar-refractivity contribution in [3.63, 3.8) is 0 Å². The molecule has 1 aliphatic carbocycles. The number of hydrogen-bond donors (Lipinski definition) is 2. The van der Waals surface area contributed by atoms with Crippen molar-refractivity contribution in [2.45, 2.75) is 62.1 Å². The van der Waals surface area contributed by atoms with Gasteiger partial charge in [0.25, 0.3) is 0 Å². The summed E-state index contributed by atoms with van der Waals surface area (Å²) in [5, 5.41) is 22.6. The molecule has 5 bridgehead atoms. The first-order valence-electron chi connectivity index (χ1n) is 9.57. The highest BCUT2D eigenvalue weighted by molar-refractivity contribution is 5.67. The summed E-state index contributed by atoms with van der Waals surface area (Å²) in [5.41, 5.74) is 2.51. The standard InChI is InChI=1S/C20H26N2O2/c1-3-10-11-8-14-17-20(12-6-4-5-7-13(12)21(17)2)9-15(16(11)18(20)23)22(14)19(10)24/h4-7,10-11,14-19,23-24H,3,8-9H2,1-2H3/t10-,11+,14-,15-,16-,17+,18-,19+,20+/m0/s1. The molecule has 24 heavy (non-hydrogen) atoms. The molecule has 4 nitrogen and oxygen atoms in total. The zero-order chi connectivity index (χ0) is 16.4. The van der Waals surface area contributed by atoms with Gasteiger partial charge in [0.05, 0.1) is 12.1 Å². The average Bonchev–Trinajstić information content (AvgIpc) is 2.97. The second kappa shape index (κ2) is 4.17. The van der Waals surface area contributed by atoms with Gasteiger partial charge in [-0.25, -0.2) is 0 Å². The molecule has 0 aromatic heterocycles. The van der Waals surface area contributed by atoms with Crippen LogP contribution in [0.25, 0.3) is 0 Å². The maximum absolute atomic E-state index is 11.6. The number of aliphatic hydroxyl groups excluding tert-OH is 2. The number of anilines is 1. The van der Waals surface area contributed by atoms with Crippen LogP contribution in [0.1, 0.15) is 31.7 Å². The number of hydrogen-bond acceptors (Lipinski definition) is 4. The van der Waals surface area contributed by atoms with Crippen LogP contribution in [0.4, 0.5) is 5.69 Å². The fourth-order valence-electron chi connectivity index (χ4n) is 7.88. The SMILES string of the molecule is CC[C@H]1[C@H]2C[C@H]3[C@H]4N(C)c5ccccc5[C@]45C[C@@H]([C@H]2[C@@H]5O)N3[C@@H]1O. The van der Waals surface area contributed by atoms with E-state index < -0.39 is 0 Å². The number of likely N-dealkylation sites (N-methyl/N-ethyl adjacent to an activating group) is 1. The molecule has 5 heterocycles. The third-order valence-electron chi connectivity index (χ3n) is 8.46. The molecule has 1 saturated carbocycles. The smallest absolute Gasteiger partial charge is 0.111 e. The molecular formula is C20H26N2O2. The summed E-state index contributed by atoms with van der Waals surface area (Å²) in [6.07, 6.45) is 2.56.